The summed E-state index contributed by atoms with van der Waals surface area (Å²) in [6, 6.07) is 6.82. The number of esters is 1. The van der Waals surface area contributed by atoms with E-state index in [4.69, 9.17) is 22.1 Å². The van der Waals surface area contributed by atoms with E-state index < -0.39 is 6.04 Å². The molecule has 0 saturated carbocycles. The van der Waals surface area contributed by atoms with Crippen LogP contribution in [0, 0.1) is 0 Å². The third-order valence-corrected chi connectivity index (χ3v) is 2.40. The van der Waals surface area contributed by atoms with Gasteiger partial charge in [0, 0.05) is 11.1 Å². The molecule has 17 heavy (non-hydrogen) atoms. The van der Waals surface area contributed by atoms with Crippen molar-refractivity contribution in [2.75, 3.05) is 0 Å². The molecule has 0 aliphatic rings. The zero-order chi connectivity index (χ0) is 12.1. The van der Waals surface area contributed by atoms with Crippen molar-refractivity contribution >= 4 is 30.0 Å². The van der Waals surface area contributed by atoms with Crippen LogP contribution in [0.1, 0.15) is 31.9 Å². The average molecular weight is 278 g/mol. The number of nitrogens with two attached hydrogens (primary N) is 1. The lowest BCUT2D eigenvalue weighted by Crippen LogP contribution is -2.19. The Balaban J connectivity index is 0.00000256. The number of carbonyl (C=O) groups is 1. The molecule has 0 amide bonds. The standard InChI is InChI=1S/C12H16ClNO2.ClH/c1-8(2)16-12(15)7-11(14)9-5-3-4-6-10(9)13;/h3-6,8,11H,7,14H2,1-2H3;1H. The topological polar surface area (TPSA) is 52.3 Å². The third kappa shape index (κ3) is 5.39. The van der Waals surface area contributed by atoms with Gasteiger partial charge in [0.1, 0.15) is 0 Å². The Morgan fingerprint density at radius 3 is 2.53 bits per heavy atom. The van der Waals surface area contributed by atoms with Gasteiger partial charge in [0.25, 0.3) is 0 Å². The van der Waals surface area contributed by atoms with Gasteiger partial charge in [-0.25, -0.2) is 0 Å². The lowest BCUT2D eigenvalue weighted by atomic mass is 10.1. The lowest BCUT2D eigenvalue weighted by Gasteiger charge is -2.14. The molecule has 0 aliphatic carbocycles. The Labute approximate surface area is 113 Å². The van der Waals surface area contributed by atoms with Gasteiger partial charge >= 0.3 is 5.97 Å². The molecule has 5 heteroatoms. The van der Waals surface area contributed by atoms with Gasteiger partial charge < -0.3 is 10.5 Å². The maximum Gasteiger partial charge on any atom is 0.307 e. The fourth-order valence-corrected chi connectivity index (χ4v) is 1.65. The molecule has 0 radical (unpaired) electrons. The second kappa shape index (κ2) is 7.54. The van der Waals surface area contributed by atoms with E-state index in [-0.39, 0.29) is 30.9 Å². The van der Waals surface area contributed by atoms with Crippen LogP contribution in [-0.4, -0.2) is 12.1 Å². The molecule has 1 aromatic carbocycles. The molecule has 3 nitrogen and oxygen atoms in total. The summed E-state index contributed by atoms with van der Waals surface area (Å²) in [7, 11) is 0. The normalized spacial score (nSPS) is 11.8. The van der Waals surface area contributed by atoms with Gasteiger partial charge in [-0.1, -0.05) is 29.8 Å². The van der Waals surface area contributed by atoms with Gasteiger partial charge in [-0.3, -0.25) is 4.79 Å². The van der Waals surface area contributed by atoms with Crippen molar-refractivity contribution in [3.8, 4) is 0 Å². The minimum absolute atomic E-state index is 0. The smallest absolute Gasteiger partial charge is 0.307 e. The quantitative estimate of drug-likeness (QED) is 0.861. The largest absolute Gasteiger partial charge is 0.463 e. The Bertz CT molecular complexity index is 369. The number of benzene rings is 1. The molecule has 1 unspecified atom stereocenters. The summed E-state index contributed by atoms with van der Waals surface area (Å²) in [5.41, 5.74) is 6.66. The van der Waals surface area contributed by atoms with Crippen molar-refractivity contribution in [3.63, 3.8) is 0 Å². The van der Waals surface area contributed by atoms with E-state index in [1.807, 2.05) is 18.2 Å². The molecule has 96 valence electrons. The monoisotopic (exact) mass is 277 g/mol. The molecule has 0 fully saturated rings. The summed E-state index contributed by atoms with van der Waals surface area (Å²) in [4.78, 5) is 11.4. The first-order chi connectivity index (χ1) is 7.50. The lowest BCUT2D eigenvalue weighted by molar-refractivity contribution is -0.147. The summed E-state index contributed by atoms with van der Waals surface area (Å²) in [5, 5.41) is 0.576. The van der Waals surface area contributed by atoms with Crippen molar-refractivity contribution < 1.29 is 9.53 Å². The molecule has 0 saturated heterocycles. The van der Waals surface area contributed by atoms with Crippen LogP contribution in [0.5, 0.6) is 0 Å². The second-order valence-corrected chi connectivity index (χ2v) is 4.28. The van der Waals surface area contributed by atoms with Gasteiger partial charge in [0.2, 0.25) is 0 Å². The van der Waals surface area contributed by atoms with E-state index in [1.165, 1.54) is 0 Å². The van der Waals surface area contributed by atoms with Gasteiger partial charge in [0.15, 0.2) is 0 Å². The first kappa shape index (κ1) is 16.2. The molecule has 1 atom stereocenters. The average Bonchev–Trinajstić information content (AvgIpc) is 2.16. The molecule has 0 bridgehead atoms. The Kier molecular flexibility index (Phi) is 7.19. The highest BCUT2D eigenvalue weighted by molar-refractivity contribution is 6.31. The first-order valence-electron chi connectivity index (χ1n) is 5.20. The predicted molar refractivity (Wildman–Crippen MR) is 71.5 cm³/mol. The van der Waals surface area contributed by atoms with Crippen LogP contribution in [0.25, 0.3) is 0 Å². The van der Waals surface area contributed by atoms with E-state index in [2.05, 4.69) is 0 Å². The van der Waals surface area contributed by atoms with E-state index >= 15 is 0 Å². The molecule has 0 aliphatic heterocycles. The van der Waals surface area contributed by atoms with Crippen molar-refractivity contribution in [2.45, 2.75) is 32.4 Å². The van der Waals surface area contributed by atoms with Crippen LogP contribution < -0.4 is 5.73 Å². The van der Waals surface area contributed by atoms with Gasteiger partial charge in [0.05, 0.1) is 12.5 Å². The summed E-state index contributed by atoms with van der Waals surface area (Å²) in [6.45, 7) is 3.61. The van der Waals surface area contributed by atoms with Crippen LogP contribution in [0.2, 0.25) is 5.02 Å². The molecule has 0 heterocycles. The van der Waals surface area contributed by atoms with Crippen molar-refractivity contribution in [2.24, 2.45) is 5.73 Å². The molecular formula is C12H17Cl2NO2. The predicted octanol–water partition coefficient (Wildman–Crippen LogP) is 3.10. The van der Waals surface area contributed by atoms with E-state index in [0.29, 0.717) is 5.02 Å². The van der Waals surface area contributed by atoms with Crippen LogP contribution in [0.3, 0.4) is 0 Å². The number of hydrogen-bond acceptors (Lipinski definition) is 3. The second-order valence-electron chi connectivity index (χ2n) is 3.87. The fraction of sp³-hybridized carbons (Fsp3) is 0.417. The Morgan fingerprint density at radius 2 is 2.00 bits per heavy atom. The molecule has 0 spiro atoms. The SMILES string of the molecule is CC(C)OC(=O)CC(N)c1ccccc1Cl.Cl. The van der Waals surface area contributed by atoms with Gasteiger partial charge in [-0.05, 0) is 25.5 Å². The van der Waals surface area contributed by atoms with Crippen LogP contribution in [0.15, 0.2) is 24.3 Å². The molecular weight excluding hydrogens is 261 g/mol. The van der Waals surface area contributed by atoms with Crippen LogP contribution >= 0.6 is 24.0 Å². The van der Waals surface area contributed by atoms with Crippen molar-refractivity contribution in [1.82, 2.24) is 0 Å². The Hall–Kier alpha value is -0.770. The zero-order valence-corrected chi connectivity index (χ0v) is 11.4. The minimum Gasteiger partial charge on any atom is -0.463 e. The number of ether oxygens (including phenoxy) is 1. The highest BCUT2D eigenvalue weighted by Gasteiger charge is 2.15. The first-order valence-corrected chi connectivity index (χ1v) is 5.58. The number of rotatable bonds is 4. The molecule has 1 aromatic rings. The highest BCUT2D eigenvalue weighted by atomic mass is 35.5. The van der Waals surface area contributed by atoms with E-state index in [0.717, 1.165) is 5.56 Å². The molecule has 1 rings (SSSR count). The highest BCUT2D eigenvalue weighted by Crippen LogP contribution is 2.23. The van der Waals surface area contributed by atoms with Crippen molar-refractivity contribution in [1.29, 1.82) is 0 Å². The number of carbonyl (C=O) groups excluding carboxylic acids is 1. The van der Waals surface area contributed by atoms with E-state index in [9.17, 15) is 4.79 Å². The fourth-order valence-electron chi connectivity index (χ4n) is 1.38. The van der Waals surface area contributed by atoms with Crippen LogP contribution in [0.4, 0.5) is 0 Å². The summed E-state index contributed by atoms with van der Waals surface area (Å²) >= 11 is 5.98. The molecule has 2 N–H and O–H groups in total. The van der Waals surface area contributed by atoms with Gasteiger partial charge in [-0.15, -0.1) is 12.4 Å². The minimum atomic E-state index is -0.417. The number of hydrogen-bond donors (Lipinski definition) is 1. The summed E-state index contributed by atoms with van der Waals surface area (Å²) in [5.74, 6) is -0.303. The maximum atomic E-state index is 11.4. The summed E-state index contributed by atoms with van der Waals surface area (Å²) < 4.78 is 5.02. The summed E-state index contributed by atoms with van der Waals surface area (Å²) in [6.07, 6.45) is 0.0213. The maximum absolute atomic E-state index is 11.4. The zero-order valence-electron chi connectivity index (χ0n) is 9.85. The van der Waals surface area contributed by atoms with Gasteiger partial charge in [-0.2, -0.15) is 0 Å². The number of halogens is 2. The Morgan fingerprint density at radius 1 is 1.41 bits per heavy atom. The van der Waals surface area contributed by atoms with E-state index in [1.54, 1.807) is 19.9 Å². The molecule has 0 aromatic heterocycles. The third-order valence-electron chi connectivity index (χ3n) is 2.06. The van der Waals surface area contributed by atoms with Crippen LogP contribution in [-0.2, 0) is 9.53 Å². The van der Waals surface area contributed by atoms with Crippen molar-refractivity contribution in [3.05, 3.63) is 34.9 Å².